The van der Waals surface area contributed by atoms with Crippen LogP contribution in [0.2, 0.25) is 0 Å². The fourth-order valence-corrected chi connectivity index (χ4v) is 4.12. The number of amides is 1. The van der Waals surface area contributed by atoms with Gasteiger partial charge >= 0.3 is 12.1 Å². The molecule has 1 fully saturated rings. The van der Waals surface area contributed by atoms with E-state index in [1.54, 1.807) is 24.4 Å². The van der Waals surface area contributed by atoms with E-state index in [4.69, 9.17) is 4.74 Å². The number of ether oxygens (including phenoxy) is 2. The lowest BCUT2D eigenvalue weighted by molar-refractivity contribution is -0.190. The van der Waals surface area contributed by atoms with Crippen molar-refractivity contribution >= 4 is 22.8 Å². The number of aromatic nitrogens is 3. The molecule has 1 aliphatic heterocycles. The number of carbonyl (C=O) groups is 2. The predicted octanol–water partition coefficient (Wildman–Crippen LogP) is 4.96. The lowest BCUT2D eigenvalue weighted by atomic mass is 10.0. The highest BCUT2D eigenvalue weighted by Crippen LogP contribution is 2.37. The van der Waals surface area contributed by atoms with Crippen LogP contribution in [0.4, 0.5) is 26.3 Å². The molecule has 1 aliphatic rings. The second-order valence-electron chi connectivity index (χ2n) is 8.86. The summed E-state index contributed by atoms with van der Waals surface area (Å²) in [7, 11) is 0. The van der Waals surface area contributed by atoms with Gasteiger partial charge in [0.15, 0.2) is 11.9 Å². The molecule has 8 nitrogen and oxygen atoms in total. The maximum absolute atomic E-state index is 15.0. The normalized spacial score (nSPS) is 17.1. The fraction of sp³-hybridized carbons (Fsp3) is 0.231. The molecule has 0 N–H and O–H groups in total. The maximum Gasteiger partial charge on any atom is 0.491 e. The average Bonchev–Trinajstić information content (AvgIpc) is 3.44. The van der Waals surface area contributed by atoms with Crippen molar-refractivity contribution in [3.05, 3.63) is 78.4 Å². The van der Waals surface area contributed by atoms with Gasteiger partial charge in [-0.1, -0.05) is 18.2 Å². The van der Waals surface area contributed by atoms with Crippen LogP contribution in [0.25, 0.3) is 16.6 Å². The van der Waals surface area contributed by atoms with E-state index < -0.39 is 72.6 Å². The van der Waals surface area contributed by atoms with Crippen LogP contribution in [-0.2, 0) is 4.79 Å². The minimum atomic E-state index is -5.38. The van der Waals surface area contributed by atoms with E-state index in [1.807, 2.05) is 0 Å². The summed E-state index contributed by atoms with van der Waals surface area (Å²) in [4.78, 5) is 29.6. The Labute approximate surface area is 221 Å². The number of benzene rings is 2. The molecule has 0 unspecified atom stereocenters. The number of alkyl halides is 5. The number of halogens is 6. The van der Waals surface area contributed by atoms with E-state index in [2.05, 4.69) is 14.8 Å². The number of likely N-dealkylation sites (tertiary alicyclic amines) is 1. The first kappa shape index (κ1) is 27.0. The quantitative estimate of drug-likeness (QED) is 0.252. The second-order valence-corrected chi connectivity index (χ2v) is 8.86. The number of rotatable bonds is 5. The number of carbonyl (C=O) groups excluding carboxylic acids is 2. The van der Waals surface area contributed by atoms with E-state index in [0.717, 1.165) is 17.0 Å². The summed E-state index contributed by atoms with van der Waals surface area (Å²) < 4.78 is 94.3. The number of nitrogens with zero attached hydrogens (tertiary/aromatic N) is 4. The monoisotopic (exact) mass is 564 g/mol. The third-order valence-electron chi connectivity index (χ3n) is 6.15. The Morgan fingerprint density at radius 3 is 2.55 bits per heavy atom. The van der Waals surface area contributed by atoms with E-state index in [9.17, 15) is 35.9 Å². The lowest BCUT2D eigenvalue weighted by Gasteiger charge is -2.38. The van der Waals surface area contributed by atoms with Crippen molar-refractivity contribution in [1.82, 2.24) is 19.7 Å². The minimum absolute atomic E-state index is 0.161. The molecule has 2 aromatic heterocycles. The van der Waals surface area contributed by atoms with Crippen molar-refractivity contribution in [1.29, 1.82) is 0 Å². The molecule has 5 rings (SSSR count). The number of hydrogen-bond donors (Lipinski definition) is 0. The molecule has 0 radical (unpaired) electrons. The van der Waals surface area contributed by atoms with Gasteiger partial charge in [-0.25, -0.2) is 27.6 Å². The van der Waals surface area contributed by atoms with Gasteiger partial charge in [-0.05, 0) is 36.4 Å². The molecule has 2 aromatic carbocycles. The number of fused-ring (bicyclic) bond motifs is 1. The molecule has 0 saturated carbocycles. The molecule has 0 aliphatic carbocycles. The zero-order valence-electron chi connectivity index (χ0n) is 20.2. The molecule has 208 valence electrons. The molecule has 1 atom stereocenters. The van der Waals surface area contributed by atoms with Crippen molar-refractivity contribution in [2.45, 2.75) is 24.6 Å². The zero-order valence-corrected chi connectivity index (χ0v) is 20.2. The molecular weight excluding hydrogens is 546 g/mol. The Balaban J connectivity index is 1.44. The van der Waals surface area contributed by atoms with Gasteiger partial charge < -0.3 is 14.4 Å². The Hall–Kier alpha value is -4.62. The van der Waals surface area contributed by atoms with E-state index >= 15 is 0 Å². The molecule has 0 spiro atoms. The first-order valence-corrected chi connectivity index (χ1v) is 11.7. The zero-order chi connectivity index (χ0) is 28.7. The summed E-state index contributed by atoms with van der Waals surface area (Å²) in [5.74, 6) is -9.61. The molecule has 1 saturated heterocycles. The van der Waals surface area contributed by atoms with Crippen molar-refractivity contribution in [2.24, 2.45) is 0 Å². The van der Waals surface area contributed by atoms with Gasteiger partial charge in [0, 0.05) is 30.7 Å². The average molecular weight is 564 g/mol. The van der Waals surface area contributed by atoms with Gasteiger partial charge in [-0.2, -0.15) is 18.3 Å². The van der Waals surface area contributed by atoms with Crippen LogP contribution in [-0.4, -0.2) is 62.8 Å². The summed E-state index contributed by atoms with van der Waals surface area (Å²) in [5, 5.41) is 4.26. The standard InChI is InChI=1S/C26H18F6N4O4/c27-18-7-6-16(36-10-3-9-33-36)13-17(18)23(37)35-11-8-25(28,29)21(14-35)40-22-20(39-24(38)26(30,31)32)12-15-4-1-2-5-19(15)34-22/h1-7,9-10,12-13,21H,8,11,14H2/t21-/m0/s1. The number of hydrogen-bond acceptors (Lipinski definition) is 6. The van der Waals surface area contributed by atoms with E-state index in [0.29, 0.717) is 5.69 Å². The van der Waals surface area contributed by atoms with Gasteiger partial charge in [0.2, 0.25) is 0 Å². The number of piperidine rings is 1. The van der Waals surface area contributed by atoms with Crippen LogP contribution in [0, 0.1) is 5.82 Å². The molecule has 3 heterocycles. The number of para-hydroxylation sites is 1. The topological polar surface area (TPSA) is 86.6 Å². The summed E-state index contributed by atoms with van der Waals surface area (Å²) in [5.41, 5.74) is 0.107. The smallest absolute Gasteiger partial charge is 0.463 e. The fourth-order valence-electron chi connectivity index (χ4n) is 4.12. The van der Waals surface area contributed by atoms with Gasteiger partial charge in [0.25, 0.3) is 17.7 Å². The van der Waals surface area contributed by atoms with Crippen LogP contribution < -0.4 is 9.47 Å². The Kier molecular flexibility index (Phi) is 6.85. The number of pyridine rings is 1. The summed E-state index contributed by atoms with van der Waals surface area (Å²) in [6.07, 6.45) is -5.35. The minimum Gasteiger partial charge on any atom is -0.463 e. The van der Waals surface area contributed by atoms with E-state index in [-0.39, 0.29) is 10.9 Å². The Morgan fingerprint density at radius 1 is 1.05 bits per heavy atom. The summed E-state index contributed by atoms with van der Waals surface area (Å²) in [6.45, 7) is -1.23. The maximum atomic E-state index is 15.0. The Morgan fingerprint density at radius 2 is 1.82 bits per heavy atom. The van der Waals surface area contributed by atoms with Crippen LogP contribution in [0.15, 0.2) is 67.0 Å². The first-order chi connectivity index (χ1) is 18.9. The van der Waals surface area contributed by atoms with Crippen LogP contribution >= 0.6 is 0 Å². The van der Waals surface area contributed by atoms with E-state index in [1.165, 1.54) is 35.1 Å². The SMILES string of the molecule is O=C(c1cc(-n2cccn2)ccc1F)N1CCC(F)(F)[C@@H](Oc2nc3ccccc3cc2OC(=O)C(F)(F)F)C1. The highest BCUT2D eigenvalue weighted by atomic mass is 19.4. The van der Waals surface area contributed by atoms with Crippen LogP contribution in [0.1, 0.15) is 16.8 Å². The highest BCUT2D eigenvalue weighted by Gasteiger charge is 2.48. The second kappa shape index (κ2) is 10.2. The van der Waals surface area contributed by atoms with Gasteiger partial charge in [-0.15, -0.1) is 0 Å². The van der Waals surface area contributed by atoms with Crippen molar-refractivity contribution in [3.8, 4) is 17.3 Å². The van der Waals surface area contributed by atoms with Crippen molar-refractivity contribution in [2.75, 3.05) is 13.1 Å². The first-order valence-electron chi connectivity index (χ1n) is 11.7. The summed E-state index contributed by atoms with van der Waals surface area (Å²) >= 11 is 0. The largest absolute Gasteiger partial charge is 0.491 e. The number of esters is 1. The van der Waals surface area contributed by atoms with Gasteiger partial charge in [-0.3, -0.25) is 4.79 Å². The van der Waals surface area contributed by atoms with Gasteiger partial charge in [0.05, 0.1) is 23.3 Å². The lowest BCUT2D eigenvalue weighted by Crippen LogP contribution is -2.55. The van der Waals surface area contributed by atoms with Gasteiger partial charge in [0.1, 0.15) is 5.82 Å². The van der Waals surface area contributed by atoms with Crippen LogP contribution in [0.5, 0.6) is 11.6 Å². The third-order valence-corrected chi connectivity index (χ3v) is 6.15. The van der Waals surface area contributed by atoms with Crippen molar-refractivity contribution < 1.29 is 45.4 Å². The molecular formula is C26H18F6N4O4. The predicted molar refractivity (Wildman–Crippen MR) is 127 cm³/mol. The molecule has 0 bridgehead atoms. The third kappa shape index (κ3) is 5.42. The van der Waals surface area contributed by atoms with Crippen LogP contribution in [0.3, 0.4) is 0 Å². The highest BCUT2D eigenvalue weighted by molar-refractivity contribution is 5.95. The van der Waals surface area contributed by atoms with Crippen molar-refractivity contribution in [3.63, 3.8) is 0 Å². The summed E-state index contributed by atoms with van der Waals surface area (Å²) in [6, 6.07) is 12.2. The Bertz CT molecular complexity index is 1580. The molecule has 40 heavy (non-hydrogen) atoms. The molecule has 14 heteroatoms. The molecule has 1 amide bonds. The molecule has 4 aromatic rings.